The molecule has 0 saturated carbocycles. The smallest absolute Gasteiger partial charge is 0.230 e. The maximum atomic E-state index is 10.4. The number of nitrogens with zero attached hydrogens (tertiary/aromatic N) is 3. The molecule has 0 aliphatic rings. The van der Waals surface area contributed by atoms with Crippen LogP contribution in [0.25, 0.3) is 0 Å². The monoisotopic (exact) mass is 172 g/mol. The molecule has 0 rings (SSSR count). The summed E-state index contributed by atoms with van der Waals surface area (Å²) in [5.74, 6) is 0. The zero-order valence-corrected chi connectivity index (χ0v) is 8.77. The molecule has 0 bridgehead atoms. The van der Waals surface area contributed by atoms with Crippen molar-refractivity contribution in [2.45, 2.75) is 6.92 Å². The summed E-state index contributed by atoms with van der Waals surface area (Å²) in [6.07, 6.45) is 0. The third-order valence-corrected chi connectivity index (χ3v) is 1.04. The molecule has 0 saturated heterocycles. The normalized spacial score (nSPS) is 10.5. The number of hydrogen-bond acceptors (Lipinski definition) is 3. The van der Waals surface area contributed by atoms with E-state index in [1.54, 1.807) is 6.92 Å². The maximum absolute atomic E-state index is 10.4. The average molecular weight is 172 g/mol. The van der Waals surface area contributed by atoms with Crippen LogP contribution in [0, 0.1) is 5.21 Å². The fourth-order valence-corrected chi connectivity index (χ4v) is 0.537. The van der Waals surface area contributed by atoms with E-state index in [-0.39, 0.29) is 47.7 Å². The van der Waals surface area contributed by atoms with Gasteiger partial charge in [0, 0.05) is 29.6 Å². The maximum Gasteiger partial charge on any atom is 0.230 e. The summed E-state index contributed by atoms with van der Waals surface area (Å²) >= 11 is 0. The standard InChI is InChI=1S/C4H11N3O3.Na/c1-2-6(3-4-8)7(10)5-9;/h8-9H,2-4H2,1H3;/b7-5-;. The average Bonchev–Trinajstić information content (AvgIpc) is 1.99. The number of hydrazine groups is 1. The van der Waals surface area contributed by atoms with E-state index in [1.807, 2.05) is 0 Å². The fourth-order valence-electron chi connectivity index (χ4n) is 0.537. The molecule has 0 aromatic rings. The van der Waals surface area contributed by atoms with Crippen LogP contribution in [0.1, 0.15) is 6.92 Å². The predicted octanol–water partition coefficient (Wildman–Crippen LogP) is -0.814. The molecule has 0 aromatic carbocycles. The van der Waals surface area contributed by atoms with Crippen LogP contribution in [-0.2, 0) is 0 Å². The van der Waals surface area contributed by atoms with Crippen molar-refractivity contribution >= 4 is 29.6 Å². The molecule has 0 amide bonds. The molecule has 7 heteroatoms. The van der Waals surface area contributed by atoms with Crippen LogP contribution in [0.15, 0.2) is 5.28 Å². The molecule has 0 aromatic heterocycles. The van der Waals surface area contributed by atoms with Gasteiger partial charge >= 0.3 is 0 Å². The Bertz CT molecular complexity index is 121. The first kappa shape index (κ1) is 13.5. The first-order valence-electron chi connectivity index (χ1n) is 2.94. The Morgan fingerprint density at radius 1 is 1.64 bits per heavy atom. The van der Waals surface area contributed by atoms with Gasteiger partial charge in [-0.05, 0) is 6.92 Å². The molecule has 0 fully saturated rings. The number of likely N-dealkylation sites (N-methyl/N-ethyl adjacent to an activating group) is 1. The fraction of sp³-hybridized carbons (Fsp3) is 1.00. The molecule has 1 radical (unpaired) electrons. The van der Waals surface area contributed by atoms with E-state index >= 15 is 0 Å². The van der Waals surface area contributed by atoms with Crippen LogP contribution in [-0.4, -0.2) is 69.5 Å². The van der Waals surface area contributed by atoms with Gasteiger partial charge in [-0.1, -0.05) is 0 Å². The van der Waals surface area contributed by atoms with Crippen molar-refractivity contribution in [2.75, 3.05) is 19.7 Å². The van der Waals surface area contributed by atoms with Crippen molar-refractivity contribution in [3.8, 4) is 0 Å². The largest absolute Gasteiger partial charge is 0.569 e. The first-order valence-corrected chi connectivity index (χ1v) is 2.94. The third kappa shape index (κ3) is 5.25. The Morgan fingerprint density at radius 2 is 2.18 bits per heavy atom. The molecule has 61 valence electrons. The summed E-state index contributed by atoms with van der Waals surface area (Å²) in [4.78, 5) is 0.0379. The van der Waals surface area contributed by atoms with E-state index in [0.717, 1.165) is 5.01 Å². The molecule has 2 N–H and O–H groups in total. The summed E-state index contributed by atoms with van der Waals surface area (Å²) in [7, 11) is 0. The van der Waals surface area contributed by atoms with Crippen molar-refractivity contribution in [2.24, 2.45) is 5.28 Å². The Hall–Kier alpha value is -0.0400. The van der Waals surface area contributed by atoms with E-state index in [2.05, 4.69) is 5.28 Å². The van der Waals surface area contributed by atoms with E-state index < -0.39 is 0 Å². The summed E-state index contributed by atoms with van der Waals surface area (Å²) in [5, 5.41) is 30.3. The topological polar surface area (TPSA) is 82.1 Å². The molecular weight excluding hydrogens is 161 g/mol. The third-order valence-electron chi connectivity index (χ3n) is 1.04. The van der Waals surface area contributed by atoms with Crippen LogP contribution >= 0.6 is 0 Å². The number of aliphatic hydroxyl groups excluding tert-OH is 1. The molecule has 0 unspecified atom stereocenters. The Balaban J connectivity index is 0. The zero-order chi connectivity index (χ0) is 7.98. The summed E-state index contributed by atoms with van der Waals surface area (Å²) < 4.78 is 0. The zero-order valence-electron chi connectivity index (χ0n) is 6.77. The number of hydrogen-bond donors (Lipinski definition) is 2. The van der Waals surface area contributed by atoms with Gasteiger partial charge < -0.3 is 15.5 Å². The minimum absolute atomic E-state index is 0. The van der Waals surface area contributed by atoms with Crippen LogP contribution in [0.2, 0.25) is 0 Å². The Labute approximate surface area is 86.9 Å². The van der Waals surface area contributed by atoms with Gasteiger partial charge in [-0.15, -0.1) is 5.01 Å². The molecule has 6 nitrogen and oxygen atoms in total. The molecule has 11 heavy (non-hydrogen) atoms. The van der Waals surface area contributed by atoms with Crippen LogP contribution in [0.3, 0.4) is 0 Å². The van der Waals surface area contributed by atoms with Gasteiger partial charge in [-0.25, -0.2) is 0 Å². The van der Waals surface area contributed by atoms with E-state index in [0.29, 0.717) is 6.54 Å². The Morgan fingerprint density at radius 3 is 2.45 bits per heavy atom. The van der Waals surface area contributed by atoms with Gasteiger partial charge in [0.05, 0.1) is 24.7 Å². The number of aliphatic hydroxyl groups is 1. The molecule has 0 aliphatic carbocycles. The second-order valence-corrected chi connectivity index (χ2v) is 1.61. The first-order chi connectivity index (χ1) is 4.76. The van der Waals surface area contributed by atoms with Crippen LogP contribution < -0.4 is 0 Å². The molecule has 0 aliphatic heterocycles. The van der Waals surface area contributed by atoms with Crippen molar-refractivity contribution in [3.05, 3.63) is 5.21 Å². The quantitative estimate of drug-likeness (QED) is 0.251. The van der Waals surface area contributed by atoms with Crippen molar-refractivity contribution in [3.63, 3.8) is 0 Å². The summed E-state index contributed by atoms with van der Waals surface area (Å²) in [5.41, 5.74) is 0. The minimum atomic E-state index is -0.137. The van der Waals surface area contributed by atoms with E-state index in [1.165, 1.54) is 0 Å². The van der Waals surface area contributed by atoms with Crippen LogP contribution in [0.5, 0.6) is 0 Å². The van der Waals surface area contributed by atoms with Gasteiger partial charge in [0.25, 0.3) is 0 Å². The molecule has 0 spiro atoms. The number of rotatable bonds is 4. The van der Waals surface area contributed by atoms with Gasteiger partial charge in [0.2, 0.25) is 5.28 Å². The van der Waals surface area contributed by atoms with Crippen molar-refractivity contribution < 1.29 is 15.3 Å². The summed E-state index contributed by atoms with van der Waals surface area (Å²) in [6, 6.07) is 0. The molecular formula is C4H11N3NaO3. The van der Waals surface area contributed by atoms with E-state index in [9.17, 15) is 5.21 Å². The SMILES string of the molecule is CCN(CCO)/[N+]([O-])=N/O.[Na]. The van der Waals surface area contributed by atoms with Gasteiger partial charge in [-0.3, -0.25) is 0 Å². The molecule has 0 atom stereocenters. The van der Waals surface area contributed by atoms with Crippen LogP contribution in [0.4, 0.5) is 0 Å². The molecule has 0 heterocycles. The van der Waals surface area contributed by atoms with Gasteiger partial charge in [0.1, 0.15) is 0 Å². The second-order valence-electron chi connectivity index (χ2n) is 1.61. The minimum Gasteiger partial charge on any atom is -0.569 e. The predicted molar refractivity (Wildman–Crippen MR) is 37.9 cm³/mol. The summed E-state index contributed by atoms with van der Waals surface area (Å²) in [6.45, 7) is 2.14. The van der Waals surface area contributed by atoms with E-state index in [4.69, 9.17) is 10.3 Å². The van der Waals surface area contributed by atoms with Crippen molar-refractivity contribution in [1.29, 1.82) is 0 Å². The van der Waals surface area contributed by atoms with Gasteiger partial charge in [-0.2, -0.15) is 0 Å². The van der Waals surface area contributed by atoms with Crippen molar-refractivity contribution in [1.82, 2.24) is 5.01 Å². The van der Waals surface area contributed by atoms with Gasteiger partial charge in [0.15, 0.2) is 0 Å². The second kappa shape index (κ2) is 8.06. The Kier molecular flexibility index (Phi) is 9.92.